The molecule has 0 bridgehead atoms. The summed E-state index contributed by atoms with van der Waals surface area (Å²) in [4.78, 5) is 17.7. The Bertz CT molecular complexity index is 1540. The lowest BCUT2D eigenvalue weighted by atomic mass is 9.88. The molecule has 0 spiro atoms. The number of carbonyl (C=O) groups is 1. The highest BCUT2D eigenvalue weighted by atomic mass is 19.4. The fraction of sp³-hybridized carbons (Fsp3) is 0.400. The Morgan fingerprint density at radius 2 is 1.86 bits per heavy atom. The molecule has 222 valence electrons. The Morgan fingerprint density at radius 1 is 1.10 bits per heavy atom. The van der Waals surface area contributed by atoms with Gasteiger partial charge in [-0.1, -0.05) is 0 Å². The Labute approximate surface area is 238 Å². The number of nitrogens with zero attached hydrogens (tertiary/aromatic N) is 1. The molecule has 2 saturated carbocycles. The highest BCUT2D eigenvalue weighted by Gasteiger charge is 2.59. The summed E-state index contributed by atoms with van der Waals surface area (Å²) >= 11 is 0. The molecule has 3 aromatic rings. The molecule has 2 fully saturated rings. The number of ether oxygens (including phenoxy) is 3. The van der Waals surface area contributed by atoms with Gasteiger partial charge < -0.3 is 25.3 Å². The van der Waals surface area contributed by atoms with Crippen molar-refractivity contribution < 1.29 is 41.0 Å². The predicted molar refractivity (Wildman–Crippen MR) is 141 cm³/mol. The van der Waals surface area contributed by atoms with Crippen LogP contribution in [0.5, 0.6) is 17.2 Å². The predicted octanol–water partition coefficient (Wildman–Crippen LogP) is 5.61. The van der Waals surface area contributed by atoms with Gasteiger partial charge in [0.2, 0.25) is 0 Å². The summed E-state index contributed by atoms with van der Waals surface area (Å²) in [5.41, 5.74) is 3.23. The van der Waals surface area contributed by atoms with Gasteiger partial charge >= 0.3 is 6.18 Å². The molecule has 1 aromatic heterocycles. The van der Waals surface area contributed by atoms with Gasteiger partial charge in [-0.2, -0.15) is 13.2 Å². The third-order valence-corrected chi connectivity index (χ3v) is 7.91. The van der Waals surface area contributed by atoms with Crippen molar-refractivity contribution in [1.82, 2.24) is 10.3 Å². The SMILES string of the molecule is COc1cc(C(=O)NC[C@H](c2cc3c(c(-c4ccc(F)c(F)c4)n2)OC[C@@]3(N)C(F)(F)F)C2CC2)ccc1OC1CC1. The minimum absolute atomic E-state index is 0.0395. The number of nitrogens with two attached hydrogens (primary N) is 1. The topological polar surface area (TPSA) is 95.7 Å². The van der Waals surface area contributed by atoms with Crippen LogP contribution in [-0.2, 0) is 5.54 Å². The van der Waals surface area contributed by atoms with E-state index < -0.39 is 41.8 Å². The molecule has 2 atom stereocenters. The quantitative estimate of drug-likeness (QED) is 0.315. The van der Waals surface area contributed by atoms with E-state index in [2.05, 4.69) is 10.3 Å². The molecule has 12 heteroatoms. The molecule has 1 aliphatic heterocycles. The van der Waals surface area contributed by atoms with Gasteiger partial charge in [0.25, 0.3) is 5.91 Å². The van der Waals surface area contributed by atoms with Crippen LogP contribution in [0.25, 0.3) is 11.3 Å². The van der Waals surface area contributed by atoms with Crippen molar-refractivity contribution >= 4 is 5.91 Å². The number of hydrogen-bond donors (Lipinski definition) is 2. The maximum absolute atomic E-state index is 14.2. The monoisotopic (exact) mass is 589 g/mol. The van der Waals surface area contributed by atoms with Crippen LogP contribution in [0.2, 0.25) is 0 Å². The van der Waals surface area contributed by atoms with Crippen LogP contribution >= 0.6 is 0 Å². The number of methoxy groups -OCH3 is 1. The highest BCUT2D eigenvalue weighted by molar-refractivity contribution is 5.95. The van der Waals surface area contributed by atoms with E-state index in [4.69, 9.17) is 19.9 Å². The van der Waals surface area contributed by atoms with E-state index in [0.29, 0.717) is 17.1 Å². The van der Waals surface area contributed by atoms with Gasteiger partial charge in [-0.05, 0) is 74.1 Å². The summed E-state index contributed by atoms with van der Waals surface area (Å²) in [6.07, 6.45) is -1.23. The van der Waals surface area contributed by atoms with Crippen LogP contribution in [0.4, 0.5) is 22.0 Å². The van der Waals surface area contributed by atoms with Crippen LogP contribution in [0.3, 0.4) is 0 Å². The zero-order chi connectivity index (χ0) is 29.8. The van der Waals surface area contributed by atoms with Gasteiger partial charge in [-0.25, -0.2) is 13.8 Å². The maximum atomic E-state index is 14.2. The summed E-state index contributed by atoms with van der Waals surface area (Å²) in [5.74, 6) is -2.42. The second-order valence-electron chi connectivity index (χ2n) is 11.0. The Hall–Kier alpha value is -3.93. The Balaban J connectivity index is 1.33. The lowest BCUT2D eigenvalue weighted by molar-refractivity contribution is -0.191. The molecule has 3 aliphatic rings. The van der Waals surface area contributed by atoms with Gasteiger partial charge in [0.05, 0.1) is 13.2 Å². The van der Waals surface area contributed by atoms with E-state index in [1.807, 2.05) is 0 Å². The molecule has 6 rings (SSSR count). The lowest BCUT2D eigenvalue weighted by Gasteiger charge is -2.27. The van der Waals surface area contributed by atoms with Crippen molar-refractivity contribution in [2.45, 2.75) is 49.4 Å². The largest absolute Gasteiger partial charge is 0.493 e. The van der Waals surface area contributed by atoms with Crippen LogP contribution in [0, 0.1) is 17.6 Å². The number of halogens is 5. The third-order valence-electron chi connectivity index (χ3n) is 7.91. The number of amides is 1. The number of fused-ring (bicyclic) bond motifs is 1. The summed E-state index contributed by atoms with van der Waals surface area (Å²) in [6.45, 7) is -0.819. The normalized spacial score (nSPS) is 20.5. The summed E-state index contributed by atoms with van der Waals surface area (Å²) < 4.78 is 87.0. The van der Waals surface area contributed by atoms with Crippen molar-refractivity contribution in [3.8, 4) is 28.5 Å². The van der Waals surface area contributed by atoms with Crippen LogP contribution in [0.15, 0.2) is 42.5 Å². The van der Waals surface area contributed by atoms with Gasteiger partial charge in [0.1, 0.15) is 12.3 Å². The first-order valence-electron chi connectivity index (χ1n) is 13.6. The summed E-state index contributed by atoms with van der Waals surface area (Å²) in [5, 5.41) is 2.87. The number of carbonyl (C=O) groups excluding carboxylic acids is 1. The molecule has 2 heterocycles. The van der Waals surface area contributed by atoms with Crippen molar-refractivity contribution in [3.05, 3.63) is 70.9 Å². The van der Waals surface area contributed by atoms with E-state index >= 15 is 0 Å². The number of aromatic nitrogens is 1. The summed E-state index contributed by atoms with van der Waals surface area (Å²) in [7, 11) is 1.48. The van der Waals surface area contributed by atoms with Crippen LogP contribution < -0.4 is 25.3 Å². The molecular weight excluding hydrogens is 561 g/mol. The van der Waals surface area contributed by atoms with E-state index in [1.54, 1.807) is 18.2 Å². The second kappa shape index (κ2) is 10.4. The zero-order valence-corrected chi connectivity index (χ0v) is 22.6. The minimum atomic E-state index is -4.86. The molecule has 2 aliphatic carbocycles. The fourth-order valence-electron chi connectivity index (χ4n) is 5.15. The third kappa shape index (κ3) is 5.23. The molecule has 1 amide bonds. The first kappa shape index (κ1) is 28.2. The lowest BCUT2D eigenvalue weighted by Crippen LogP contribution is -2.51. The van der Waals surface area contributed by atoms with Crippen molar-refractivity contribution in [1.29, 1.82) is 0 Å². The maximum Gasteiger partial charge on any atom is 0.414 e. The van der Waals surface area contributed by atoms with Crippen LogP contribution in [0.1, 0.15) is 53.2 Å². The molecule has 2 aromatic carbocycles. The second-order valence-corrected chi connectivity index (χ2v) is 11.0. The van der Waals surface area contributed by atoms with Crippen molar-refractivity contribution in [2.75, 3.05) is 20.3 Å². The molecule has 3 N–H and O–H groups in total. The van der Waals surface area contributed by atoms with E-state index in [1.165, 1.54) is 19.2 Å². The number of rotatable bonds is 9. The number of pyridine rings is 1. The zero-order valence-electron chi connectivity index (χ0n) is 22.6. The molecule has 42 heavy (non-hydrogen) atoms. The molecular formula is C30H28F5N3O4. The molecule has 0 saturated heterocycles. The van der Waals surface area contributed by atoms with E-state index in [9.17, 15) is 26.7 Å². The number of nitrogens with one attached hydrogen (secondary N) is 1. The summed E-state index contributed by atoms with van der Waals surface area (Å²) in [6, 6.07) is 9.05. The van der Waals surface area contributed by atoms with E-state index in [0.717, 1.165) is 37.8 Å². The van der Waals surface area contributed by atoms with Gasteiger partial charge in [0.15, 0.2) is 34.4 Å². The van der Waals surface area contributed by atoms with Gasteiger partial charge in [-0.15, -0.1) is 0 Å². The minimum Gasteiger partial charge on any atom is -0.493 e. The number of benzene rings is 2. The van der Waals surface area contributed by atoms with Gasteiger partial charge in [-0.3, -0.25) is 4.79 Å². The molecule has 0 radical (unpaired) electrons. The average molecular weight is 590 g/mol. The first-order chi connectivity index (χ1) is 20.0. The average Bonchev–Trinajstić information content (AvgIpc) is 3.90. The fourth-order valence-corrected chi connectivity index (χ4v) is 5.15. The van der Waals surface area contributed by atoms with Crippen molar-refractivity contribution in [2.24, 2.45) is 11.7 Å². The number of alkyl halides is 3. The number of hydrogen-bond acceptors (Lipinski definition) is 6. The Kier molecular flexibility index (Phi) is 6.99. The van der Waals surface area contributed by atoms with E-state index in [-0.39, 0.29) is 46.8 Å². The molecule has 7 nitrogen and oxygen atoms in total. The van der Waals surface area contributed by atoms with Gasteiger partial charge in [0, 0.05) is 34.8 Å². The first-order valence-corrected chi connectivity index (χ1v) is 13.6. The molecule has 0 unspecified atom stereocenters. The standard InChI is InChI=1S/C30H28F5N3O4/c1-40-25-11-17(5-9-24(25)42-18-6-7-18)28(39)37-13-19(15-2-3-15)23-12-20-27(41-14-29(20,36)30(33,34)35)26(38-23)16-4-8-21(31)22(32)10-16/h4-5,8-12,15,18-19H,2-3,6-7,13-14,36H2,1H3,(H,37,39)/t19-,29-/m0/s1. The Morgan fingerprint density at radius 3 is 2.50 bits per heavy atom. The van der Waals surface area contributed by atoms with Crippen molar-refractivity contribution in [3.63, 3.8) is 0 Å². The smallest absolute Gasteiger partial charge is 0.414 e. The highest BCUT2D eigenvalue weighted by Crippen LogP contribution is 2.51. The van der Waals surface area contributed by atoms with Crippen LogP contribution in [-0.4, -0.2) is 43.4 Å².